The van der Waals surface area contributed by atoms with Crippen LogP contribution < -0.4 is 10.2 Å². The number of nitrogens with zero attached hydrogens (tertiary/aromatic N) is 4. The first-order valence-corrected chi connectivity index (χ1v) is 10.7. The van der Waals surface area contributed by atoms with Crippen molar-refractivity contribution < 1.29 is 9.59 Å². The van der Waals surface area contributed by atoms with Crippen LogP contribution in [0.3, 0.4) is 0 Å². The number of hydrogen-bond donors (Lipinski definition) is 1. The van der Waals surface area contributed by atoms with E-state index in [0.717, 1.165) is 35.4 Å². The number of rotatable bonds is 5. The number of carbonyl (C=O) groups is 2. The molecule has 0 radical (unpaired) electrons. The van der Waals surface area contributed by atoms with Gasteiger partial charge in [0.2, 0.25) is 11.8 Å². The Balaban J connectivity index is 1.36. The summed E-state index contributed by atoms with van der Waals surface area (Å²) >= 11 is 1.49. The van der Waals surface area contributed by atoms with E-state index in [9.17, 15) is 9.59 Å². The van der Waals surface area contributed by atoms with E-state index in [0.29, 0.717) is 17.9 Å². The molecule has 2 amide bonds. The predicted molar refractivity (Wildman–Crippen MR) is 117 cm³/mol. The minimum absolute atomic E-state index is 0.125. The zero-order chi connectivity index (χ0) is 20.5. The van der Waals surface area contributed by atoms with Gasteiger partial charge in [0.05, 0.1) is 16.5 Å². The predicted octanol–water partition coefficient (Wildman–Crippen LogP) is 3.93. The Morgan fingerprint density at radius 1 is 1.13 bits per heavy atom. The minimum Gasteiger partial charge on any atom is -0.325 e. The lowest BCUT2D eigenvalue weighted by molar-refractivity contribution is -0.117. The van der Waals surface area contributed by atoms with Gasteiger partial charge in [-0.05, 0) is 42.8 Å². The lowest BCUT2D eigenvalue weighted by atomic mass is 10.2. The maximum absolute atomic E-state index is 12.8. The third-order valence-electron chi connectivity index (χ3n) is 5.15. The molecule has 0 spiro atoms. The van der Waals surface area contributed by atoms with Gasteiger partial charge >= 0.3 is 0 Å². The van der Waals surface area contributed by atoms with Gasteiger partial charge in [0.1, 0.15) is 12.2 Å². The van der Waals surface area contributed by atoms with Crippen LogP contribution in [-0.4, -0.2) is 32.9 Å². The molecule has 1 fully saturated rings. The highest BCUT2D eigenvalue weighted by Gasteiger charge is 2.21. The zero-order valence-corrected chi connectivity index (χ0v) is 16.9. The van der Waals surface area contributed by atoms with Crippen molar-refractivity contribution in [3.63, 3.8) is 0 Å². The van der Waals surface area contributed by atoms with Gasteiger partial charge in [0, 0.05) is 29.7 Å². The van der Waals surface area contributed by atoms with Crippen LogP contribution in [0.1, 0.15) is 12.8 Å². The fourth-order valence-corrected chi connectivity index (χ4v) is 4.27. The molecule has 30 heavy (non-hydrogen) atoms. The fourth-order valence-electron chi connectivity index (χ4n) is 3.74. The number of aromatic nitrogens is 3. The summed E-state index contributed by atoms with van der Waals surface area (Å²) in [7, 11) is 0. The summed E-state index contributed by atoms with van der Waals surface area (Å²) in [6.45, 7) is 0.872. The number of anilines is 2. The molecule has 1 aliphatic heterocycles. The lowest BCUT2D eigenvalue weighted by Crippen LogP contribution is -2.23. The van der Waals surface area contributed by atoms with Gasteiger partial charge in [-0.2, -0.15) is 0 Å². The van der Waals surface area contributed by atoms with Gasteiger partial charge in [-0.25, -0.2) is 9.97 Å². The molecule has 1 N–H and O–H groups in total. The normalized spacial score (nSPS) is 13.9. The second kappa shape index (κ2) is 7.72. The Labute approximate surface area is 177 Å². The van der Waals surface area contributed by atoms with Crippen molar-refractivity contribution in [3.05, 3.63) is 59.4 Å². The number of nitrogens with one attached hydrogen (secondary N) is 1. The Morgan fingerprint density at radius 2 is 1.97 bits per heavy atom. The van der Waals surface area contributed by atoms with E-state index in [2.05, 4.69) is 15.3 Å². The van der Waals surface area contributed by atoms with E-state index in [4.69, 9.17) is 0 Å². The molecule has 2 aromatic carbocycles. The Kier molecular flexibility index (Phi) is 4.76. The van der Waals surface area contributed by atoms with E-state index in [1.54, 1.807) is 10.4 Å². The SMILES string of the molecule is O=C(Cn1c(-c2cscn2)nc2ccccc21)Nc1ccc(N2CCCC2=O)cc1. The molecule has 1 saturated heterocycles. The molecule has 3 heterocycles. The summed E-state index contributed by atoms with van der Waals surface area (Å²) in [6, 6.07) is 15.1. The summed E-state index contributed by atoms with van der Waals surface area (Å²) in [4.78, 5) is 35.5. The summed E-state index contributed by atoms with van der Waals surface area (Å²) in [5, 5.41) is 4.86. The maximum atomic E-state index is 12.8. The number of hydrogen-bond acceptors (Lipinski definition) is 5. The topological polar surface area (TPSA) is 80.1 Å². The molecule has 8 heteroatoms. The van der Waals surface area contributed by atoms with Gasteiger partial charge < -0.3 is 14.8 Å². The smallest absolute Gasteiger partial charge is 0.244 e. The largest absolute Gasteiger partial charge is 0.325 e. The number of amides is 2. The van der Waals surface area contributed by atoms with Gasteiger partial charge in [-0.1, -0.05) is 12.1 Å². The van der Waals surface area contributed by atoms with Crippen LogP contribution in [0.4, 0.5) is 11.4 Å². The monoisotopic (exact) mass is 417 g/mol. The van der Waals surface area contributed by atoms with Gasteiger partial charge in [-0.3, -0.25) is 9.59 Å². The number of para-hydroxylation sites is 2. The quantitative estimate of drug-likeness (QED) is 0.534. The number of fused-ring (bicyclic) bond motifs is 1. The molecule has 0 atom stereocenters. The molecule has 2 aromatic heterocycles. The molecule has 0 bridgehead atoms. The first-order chi connectivity index (χ1) is 14.7. The van der Waals surface area contributed by atoms with E-state index in [-0.39, 0.29) is 18.4 Å². The summed E-state index contributed by atoms with van der Waals surface area (Å²) < 4.78 is 1.89. The Morgan fingerprint density at radius 3 is 2.70 bits per heavy atom. The Hall–Kier alpha value is -3.52. The Bertz CT molecular complexity index is 1210. The van der Waals surface area contributed by atoms with Gasteiger partial charge in [0.25, 0.3) is 0 Å². The molecule has 0 saturated carbocycles. The molecule has 150 valence electrons. The van der Waals surface area contributed by atoms with Crippen LogP contribution >= 0.6 is 11.3 Å². The van der Waals surface area contributed by atoms with Crippen LogP contribution in [0.2, 0.25) is 0 Å². The van der Waals surface area contributed by atoms with Crippen LogP contribution in [0.25, 0.3) is 22.6 Å². The minimum atomic E-state index is -0.153. The average Bonchev–Trinajstić information content (AvgIpc) is 3.49. The first-order valence-electron chi connectivity index (χ1n) is 9.73. The number of thiazole rings is 1. The molecule has 0 unspecified atom stereocenters. The number of benzene rings is 2. The third-order valence-corrected chi connectivity index (χ3v) is 5.74. The van der Waals surface area contributed by atoms with Crippen molar-refractivity contribution in [1.82, 2.24) is 14.5 Å². The van der Waals surface area contributed by atoms with Crippen molar-refractivity contribution in [3.8, 4) is 11.5 Å². The van der Waals surface area contributed by atoms with E-state index < -0.39 is 0 Å². The highest BCUT2D eigenvalue weighted by molar-refractivity contribution is 7.07. The highest BCUT2D eigenvalue weighted by atomic mass is 32.1. The third kappa shape index (κ3) is 3.46. The number of carbonyl (C=O) groups excluding carboxylic acids is 2. The molecule has 7 nitrogen and oxygen atoms in total. The average molecular weight is 417 g/mol. The van der Waals surface area contributed by atoms with Crippen LogP contribution in [-0.2, 0) is 16.1 Å². The maximum Gasteiger partial charge on any atom is 0.244 e. The van der Waals surface area contributed by atoms with Crippen molar-refractivity contribution in [2.45, 2.75) is 19.4 Å². The van der Waals surface area contributed by atoms with Gasteiger partial charge in [0.15, 0.2) is 5.82 Å². The zero-order valence-electron chi connectivity index (χ0n) is 16.1. The molecule has 0 aliphatic carbocycles. The first kappa shape index (κ1) is 18.5. The van der Waals surface area contributed by atoms with Crippen LogP contribution in [0.5, 0.6) is 0 Å². The van der Waals surface area contributed by atoms with E-state index in [1.807, 2.05) is 58.5 Å². The van der Waals surface area contributed by atoms with Crippen molar-refractivity contribution in [2.24, 2.45) is 0 Å². The summed E-state index contributed by atoms with van der Waals surface area (Å²) in [5.74, 6) is 0.670. The van der Waals surface area contributed by atoms with Crippen LogP contribution in [0, 0.1) is 0 Å². The van der Waals surface area contributed by atoms with E-state index in [1.165, 1.54) is 11.3 Å². The fraction of sp³-hybridized carbons (Fsp3) is 0.182. The highest BCUT2D eigenvalue weighted by Crippen LogP contribution is 2.26. The number of imidazole rings is 1. The van der Waals surface area contributed by atoms with Crippen molar-refractivity contribution in [1.29, 1.82) is 0 Å². The lowest BCUT2D eigenvalue weighted by Gasteiger charge is -2.16. The summed E-state index contributed by atoms with van der Waals surface area (Å²) in [6.07, 6.45) is 1.48. The molecular formula is C22H19N5O2S. The van der Waals surface area contributed by atoms with Crippen LogP contribution in [0.15, 0.2) is 59.4 Å². The second-order valence-electron chi connectivity index (χ2n) is 7.13. The van der Waals surface area contributed by atoms with Gasteiger partial charge in [-0.15, -0.1) is 11.3 Å². The summed E-state index contributed by atoms with van der Waals surface area (Å²) in [5.41, 5.74) is 5.78. The molecular weight excluding hydrogens is 398 g/mol. The van der Waals surface area contributed by atoms with Crippen molar-refractivity contribution in [2.75, 3.05) is 16.8 Å². The molecule has 1 aliphatic rings. The molecule has 5 rings (SSSR count). The second-order valence-corrected chi connectivity index (χ2v) is 7.85. The standard InChI is InChI=1S/C22H19N5O2S/c28-20(24-15-7-9-16(10-8-15)26-11-3-6-21(26)29)12-27-19-5-2-1-4-17(19)25-22(27)18-13-30-14-23-18/h1-2,4-5,7-10,13-14H,3,6,11-12H2,(H,24,28). The molecule has 4 aromatic rings. The van der Waals surface area contributed by atoms with E-state index >= 15 is 0 Å². The van der Waals surface area contributed by atoms with Crippen molar-refractivity contribution >= 4 is 45.6 Å².